The summed E-state index contributed by atoms with van der Waals surface area (Å²) in [4.78, 5) is 41.5. The van der Waals surface area contributed by atoms with Crippen LogP contribution in [0.4, 0.5) is 9.93 Å². The van der Waals surface area contributed by atoms with Gasteiger partial charge in [-0.3, -0.25) is 14.5 Å². The van der Waals surface area contributed by atoms with E-state index in [0.29, 0.717) is 10.8 Å². The van der Waals surface area contributed by atoms with E-state index in [1.54, 1.807) is 13.8 Å². The van der Waals surface area contributed by atoms with Crippen molar-refractivity contribution < 1.29 is 19.1 Å². The molecule has 8 nitrogen and oxygen atoms in total. The largest absolute Gasteiger partial charge is 0.491 e. The Balaban J connectivity index is 1.62. The number of hydrogen-bond donors (Lipinski definition) is 2. The molecule has 2 heterocycles. The highest BCUT2D eigenvalue weighted by Crippen LogP contribution is 2.27. The van der Waals surface area contributed by atoms with E-state index in [4.69, 9.17) is 4.74 Å². The SMILES string of the molecule is CC(C)Oc1ccc(-c2csc(NC(=O)CN3C(=O)NC(C)(C)C3=O)n2)cc1. The number of amides is 4. The van der Waals surface area contributed by atoms with E-state index in [1.807, 2.05) is 43.5 Å². The van der Waals surface area contributed by atoms with Gasteiger partial charge in [0.05, 0.1) is 11.8 Å². The van der Waals surface area contributed by atoms with Gasteiger partial charge >= 0.3 is 6.03 Å². The molecule has 0 radical (unpaired) electrons. The van der Waals surface area contributed by atoms with Crippen LogP contribution in [0, 0.1) is 0 Å². The first-order valence-electron chi connectivity index (χ1n) is 8.82. The second kappa shape index (κ2) is 7.59. The fourth-order valence-corrected chi connectivity index (χ4v) is 3.44. The van der Waals surface area contributed by atoms with Crippen LogP contribution in [0.25, 0.3) is 11.3 Å². The molecular weight excluding hydrogens is 380 g/mol. The van der Waals surface area contributed by atoms with Gasteiger partial charge in [-0.05, 0) is 52.0 Å². The quantitative estimate of drug-likeness (QED) is 0.724. The maximum Gasteiger partial charge on any atom is 0.325 e. The summed E-state index contributed by atoms with van der Waals surface area (Å²) in [5.74, 6) is -0.141. The molecule has 28 heavy (non-hydrogen) atoms. The number of imide groups is 1. The Morgan fingerprint density at radius 2 is 1.96 bits per heavy atom. The molecule has 1 fully saturated rings. The fraction of sp³-hybridized carbons (Fsp3) is 0.368. The van der Waals surface area contributed by atoms with Gasteiger partial charge in [-0.25, -0.2) is 9.78 Å². The van der Waals surface area contributed by atoms with Gasteiger partial charge in [-0.2, -0.15) is 0 Å². The number of thiazole rings is 1. The molecule has 148 valence electrons. The van der Waals surface area contributed by atoms with E-state index in [1.165, 1.54) is 11.3 Å². The predicted molar refractivity (Wildman–Crippen MR) is 106 cm³/mol. The lowest BCUT2D eigenvalue weighted by Gasteiger charge is -2.15. The van der Waals surface area contributed by atoms with Crippen molar-refractivity contribution in [1.82, 2.24) is 15.2 Å². The number of aromatic nitrogens is 1. The molecule has 1 aliphatic heterocycles. The van der Waals surface area contributed by atoms with E-state index in [-0.39, 0.29) is 12.6 Å². The van der Waals surface area contributed by atoms with Gasteiger partial charge in [-0.1, -0.05) is 0 Å². The van der Waals surface area contributed by atoms with E-state index in [9.17, 15) is 14.4 Å². The van der Waals surface area contributed by atoms with Crippen LogP contribution < -0.4 is 15.4 Å². The number of hydrogen-bond acceptors (Lipinski definition) is 6. The summed E-state index contributed by atoms with van der Waals surface area (Å²) in [5.41, 5.74) is 0.605. The standard InChI is InChI=1S/C19H22N4O4S/c1-11(2)27-13-7-5-12(6-8-13)14-10-28-17(20-14)21-15(24)9-23-16(25)19(3,4)22-18(23)26/h5-8,10-11H,9H2,1-4H3,(H,22,26)(H,20,21,24). The maximum absolute atomic E-state index is 12.2. The molecule has 9 heteroatoms. The van der Waals surface area contributed by atoms with Gasteiger partial charge < -0.3 is 15.4 Å². The first kappa shape index (κ1) is 19.8. The van der Waals surface area contributed by atoms with Crippen molar-refractivity contribution in [2.24, 2.45) is 0 Å². The van der Waals surface area contributed by atoms with E-state index in [2.05, 4.69) is 15.6 Å². The molecular formula is C19H22N4O4S. The highest BCUT2D eigenvalue weighted by Gasteiger charge is 2.44. The number of urea groups is 1. The number of carbonyl (C=O) groups excluding carboxylic acids is 3. The summed E-state index contributed by atoms with van der Waals surface area (Å²) < 4.78 is 5.62. The third kappa shape index (κ3) is 4.30. The highest BCUT2D eigenvalue weighted by atomic mass is 32.1. The first-order valence-corrected chi connectivity index (χ1v) is 9.70. The van der Waals surface area contributed by atoms with Gasteiger partial charge in [0.25, 0.3) is 5.91 Å². The van der Waals surface area contributed by atoms with Crippen molar-refractivity contribution in [1.29, 1.82) is 0 Å². The molecule has 1 saturated heterocycles. The van der Waals surface area contributed by atoms with Gasteiger partial charge in [-0.15, -0.1) is 11.3 Å². The van der Waals surface area contributed by atoms with Crippen LogP contribution in [0.15, 0.2) is 29.6 Å². The molecule has 0 unspecified atom stereocenters. The van der Waals surface area contributed by atoms with Crippen LogP contribution >= 0.6 is 11.3 Å². The fourth-order valence-electron chi connectivity index (χ4n) is 2.70. The normalized spacial score (nSPS) is 15.7. The Morgan fingerprint density at radius 1 is 1.29 bits per heavy atom. The Bertz CT molecular complexity index is 905. The second-order valence-electron chi connectivity index (χ2n) is 7.22. The average molecular weight is 402 g/mol. The van der Waals surface area contributed by atoms with Crippen LogP contribution in [0.3, 0.4) is 0 Å². The second-order valence-corrected chi connectivity index (χ2v) is 8.08. The third-order valence-electron chi connectivity index (χ3n) is 4.02. The van der Waals surface area contributed by atoms with E-state index in [0.717, 1.165) is 16.2 Å². The minimum atomic E-state index is -1.00. The van der Waals surface area contributed by atoms with Crippen molar-refractivity contribution in [2.45, 2.75) is 39.3 Å². The molecule has 2 N–H and O–H groups in total. The number of ether oxygens (including phenoxy) is 1. The molecule has 1 aromatic carbocycles. The summed E-state index contributed by atoms with van der Waals surface area (Å²) in [6, 6.07) is 6.95. The van der Waals surface area contributed by atoms with Crippen LogP contribution in [-0.4, -0.2) is 45.9 Å². The van der Waals surface area contributed by atoms with Gasteiger partial charge in [0.1, 0.15) is 17.8 Å². The number of carbonyl (C=O) groups is 3. The number of nitrogens with zero attached hydrogens (tertiary/aromatic N) is 2. The average Bonchev–Trinajstić information content (AvgIpc) is 3.13. The number of rotatable bonds is 6. The van der Waals surface area contributed by atoms with Gasteiger partial charge in [0.15, 0.2) is 5.13 Å². The van der Waals surface area contributed by atoms with E-state index < -0.39 is 23.4 Å². The summed E-state index contributed by atoms with van der Waals surface area (Å²) in [5, 5.41) is 7.39. The Hall–Kier alpha value is -2.94. The molecule has 3 rings (SSSR count). The molecule has 0 aliphatic carbocycles. The van der Waals surface area contributed by atoms with E-state index >= 15 is 0 Å². The van der Waals surface area contributed by atoms with Crippen LogP contribution in [-0.2, 0) is 9.59 Å². The molecule has 0 spiro atoms. The van der Waals surface area contributed by atoms with Crippen LogP contribution in [0.1, 0.15) is 27.7 Å². The van der Waals surface area contributed by atoms with Crippen molar-refractivity contribution in [3.63, 3.8) is 0 Å². The highest BCUT2D eigenvalue weighted by molar-refractivity contribution is 7.14. The van der Waals surface area contributed by atoms with Crippen molar-refractivity contribution >= 4 is 34.3 Å². The lowest BCUT2D eigenvalue weighted by atomic mass is 10.1. The first-order chi connectivity index (χ1) is 13.2. The Kier molecular flexibility index (Phi) is 5.37. The maximum atomic E-state index is 12.2. The summed E-state index contributed by atoms with van der Waals surface area (Å²) in [6.45, 7) is 6.75. The topological polar surface area (TPSA) is 101 Å². The summed E-state index contributed by atoms with van der Waals surface area (Å²) in [6.07, 6.45) is 0.0992. The smallest absolute Gasteiger partial charge is 0.325 e. The monoisotopic (exact) mass is 402 g/mol. The summed E-state index contributed by atoms with van der Waals surface area (Å²) in [7, 11) is 0. The van der Waals surface area contributed by atoms with Crippen LogP contribution in [0.5, 0.6) is 5.75 Å². The zero-order valence-electron chi connectivity index (χ0n) is 16.1. The molecule has 4 amide bonds. The molecule has 1 aliphatic rings. The predicted octanol–water partition coefficient (Wildman–Crippen LogP) is 2.87. The number of nitrogens with one attached hydrogen (secondary N) is 2. The molecule has 1 aromatic heterocycles. The lowest BCUT2D eigenvalue weighted by Crippen LogP contribution is -2.41. The number of benzene rings is 1. The van der Waals surface area contributed by atoms with Crippen molar-refractivity contribution in [3.05, 3.63) is 29.6 Å². The molecule has 0 saturated carbocycles. The Morgan fingerprint density at radius 3 is 2.54 bits per heavy atom. The third-order valence-corrected chi connectivity index (χ3v) is 4.78. The minimum absolute atomic E-state index is 0.0992. The zero-order chi connectivity index (χ0) is 20.5. The number of anilines is 1. The van der Waals surface area contributed by atoms with Gasteiger partial charge in [0, 0.05) is 10.9 Å². The zero-order valence-corrected chi connectivity index (χ0v) is 16.9. The minimum Gasteiger partial charge on any atom is -0.491 e. The Labute approximate surface area is 166 Å². The van der Waals surface area contributed by atoms with Crippen LogP contribution in [0.2, 0.25) is 0 Å². The van der Waals surface area contributed by atoms with Crippen molar-refractivity contribution in [3.8, 4) is 17.0 Å². The van der Waals surface area contributed by atoms with Crippen molar-refractivity contribution in [2.75, 3.05) is 11.9 Å². The van der Waals surface area contributed by atoms with Gasteiger partial charge in [0.2, 0.25) is 5.91 Å². The molecule has 0 atom stereocenters. The molecule has 2 aromatic rings. The lowest BCUT2D eigenvalue weighted by molar-refractivity contribution is -0.132. The summed E-state index contributed by atoms with van der Waals surface area (Å²) >= 11 is 1.27. The molecule has 0 bridgehead atoms.